The maximum Gasteiger partial charge on any atom is 0.462 e. The summed E-state index contributed by atoms with van der Waals surface area (Å²) in [7, 11) is -0.476. The Morgan fingerprint density at radius 2 is 1.39 bits per heavy atom. The predicted molar refractivity (Wildman–Crippen MR) is 66.1 cm³/mol. The van der Waals surface area contributed by atoms with E-state index in [2.05, 4.69) is 0 Å². The standard InChI is InChI=1S/C13H17BF2O2/c1-12(2)13(3,4)18-14(17-12)8-9-5-10(15)7-11(16)6-9/h5-7H,8H2,1-4H3. The average molecular weight is 254 g/mol. The van der Waals surface area contributed by atoms with Gasteiger partial charge in [0.15, 0.2) is 0 Å². The molecular formula is C13H17BF2O2. The molecule has 0 aliphatic carbocycles. The summed E-state index contributed by atoms with van der Waals surface area (Å²) in [5.74, 6) is -1.16. The van der Waals surface area contributed by atoms with Gasteiger partial charge in [0.2, 0.25) is 0 Å². The second kappa shape index (κ2) is 4.32. The van der Waals surface area contributed by atoms with Crippen molar-refractivity contribution in [2.45, 2.75) is 45.2 Å². The van der Waals surface area contributed by atoms with Crippen molar-refractivity contribution in [3.8, 4) is 0 Å². The number of halogens is 2. The Bertz CT molecular complexity index is 424. The fourth-order valence-electron chi connectivity index (χ4n) is 1.97. The van der Waals surface area contributed by atoms with Gasteiger partial charge >= 0.3 is 7.12 Å². The smallest absolute Gasteiger partial charge is 0.403 e. The molecule has 2 nitrogen and oxygen atoms in total. The fourth-order valence-corrected chi connectivity index (χ4v) is 1.97. The molecule has 1 heterocycles. The van der Waals surface area contributed by atoms with Gasteiger partial charge < -0.3 is 9.31 Å². The van der Waals surface area contributed by atoms with E-state index in [4.69, 9.17) is 9.31 Å². The molecule has 0 atom stereocenters. The Kier molecular flexibility index (Phi) is 3.24. The van der Waals surface area contributed by atoms with Crippen LogP contribution < -0.4 is 0 Å². The zero-order chi connectivity index (χ0) is 13.6. The molecule has 1 aromatic carbocycles. The highest BCUT2D eigenvalue weighted by Crippen LogP contribution is 2.37. The van der Waals surface area contributed by atoms with Gasteiger partial charge in [0.25, 0.3) is 0 Å². The minimum absolute atomic E-state index is 0.335. The van der Waals surface area contributed by atoms with Gasteiger partial charge in [-0.15, -0.1) is 0 Å². The molecule has 1 fully saturated rings. The first kappa shape index (κ1) is 13.5. The summed E-state index contributed by atoms with van der Waals surface area (Å²) in [6.07, 6.45) is 0.335. The van der Waals surface area contributed by atoms with E-state index >= 15 is 0 Å². The van der Waals surface area contributed by atoms with Crippen LogP contribution in [0.4, 0.5) is 8.78 Å². The number of hydrogen-bond acceptors (Lipinski definition) is 2. The molecule has 0 radical (unpaired) electrons. The molecule has 2 rings (SSSR count). The van der Waals surface area contributed by atoms with E-state index in [1.807, 2.05) is 27.7 Å². The van der Waals surface area contributed by atoms with Crippen LogP contribution in [0.3, 0.4) is 0 Å². The van der Waals surface area contributed by atoms with Gasteiger partial charge in [-0.2, -0.15) is 0 Å². The molecule has 1 aliphatic heterocycles. The molecule has 0 N–H and O–H groups in total. The monoisotopic (exact) mass is 254 g/mol. The summed E-state index contributed by atoms with van der Waals surface area (Å²) in [5, 5.41) is 0. The molecule has 0 amide bonds. The topological polar surface area (TPSA) is 18.5 Å². The lowest BCUT2D eigenvalue weighted by atomic mass is 9.81. The Morgan fingerprint density at radius 3 is 1.83 bits per heavy atom. The second-order valence-corrected chi connectivity index (χ2v) is 5.67. The van der Waals surface area contributed by atoms with Crippen LogP contribution in [0.1, 0.15) is 33.3 Å². The molecule has 0 saturated carbocycles. The lowest BCUT2D eigenvalue weighted by Crippen LogP contribution is -2.41. The number of rotatable bonds is 2. The first-order valence-electron chi connectivity index (χ1n) is 6.00. The van der Waals surface area contributed by atoms with Crippen LogP contribution in [0.25, 0.3) is 0 Å². The van der Waals surface area contributed by atoms with E-state index in [0.29, 0.717) is 11.9 Å². The van der Waals surface area contributed by atoms with Gasteiger partial charge in [0.1, 0.15) is 11.6 Å². The largest absolute Gasteiger partial charge is 0.462 e. The third-order valence-corrected chi connectivity index (χ3v) is 3.63. The van der Waals surface area contributed by atoms with E-state index in [1.54, 1.807) is 0 Å². The molecule has 1 saturated heterocycles. The van der Waals surface area contributed by atoms with Crippen molar-refractivity contribution >= 4 is 7.12 Å². The molecule has 1 aliphatic rings. The first-order chi connectivity index (χ1) is 8.19. The van der Waals surface area contributed by atoms with E-state index in [-0.39, 0.29) is 0 Å². The van der Waals surface area contributed by atoms with E-state index in [0.717, 1.165) is 6.07 Å². The van der Waals surface area contributed by atoms with Crippen LogP contribution >= 0.6 is 0 Å². The Labute approximate surface area is 106 Å². The SMILES string of the molecule is CC1(C)OB(Cc2cc(F)cc(F)c2)OC1(C)C. The molecule has 98 valence electrons. The average Bonchev–Trinajstić information content (AvgIpc) is 2.31. The number of hydrogen-bond donors (Lipinski definition) is 0. The minimum atomic E-state index is -0.582. The highest BCUT2D eigenvalue weighted by atomic mass is 19.1. The van der Waals surface area contributed by atoms with Crippen LogP contribution in [0, 0.1) is 11.6 Å². The normalized spacial score (nSPS) is 21.3. The van der Waals surface area contributed by atoms with E-state index in [1.165, 1.54) is 12.1 Å². The summed E-state index contributed by atoms with van der Waals surface area (Å²) < 4.78 is 37.7. The summed E-state index contributed by atoms with van der Waals surface area (Å²) in [5.41, 5.74) is -0.321. The van der Waals surface area contributed by atoms with Crippen LogP contribution in [-0.2, 0) is 15.6 Å². The van der Waals surface area contributed by atoms with E-state index in [9.17, 15) is 8.78 Å². The molecule has 0 unspecified atom stereocenters. The van der Waals surface area contributed by atoms with Crippen molar-refractivity contribution in [2.75, 3.05) is 0 Å². The fraction of sp³-hybridized carbons (Fsp3) is 0.538. The third-order valence-electron chi connectivity index (χ3n) is 3.63. The van der Waals surface area contributed by atoms with Gasteiger partial charge in [-0.3, -0.25) is 0 Å². The van der Waals surface area contributed by atoms with Crippen LogP contribution in [-0.4, -0.2) is 18.3 Å². The van der Waals surface area contributed by atoms with Crippen molar-refractivity contribution in [3.05, 3.63) is 35.4 Å². The molecule has 0 aromatic heterocycles. The Balaban J connectivity index is 2.12. The predicted octanol–water partition coefficient (Wildman–Crippen LogP) is 3.14. The zero-order valence-corrected chi connectivity index (χ0v) is 11.1. The van der Waals surface area contributed by atoms with E-state index < -0.39 is 30.0 Å². The second-order valence-electron chi connectivity index (χ2n) is 5.67. The van der Waals surface area contributed by atoms with Crippen molar-refractivity contribution < 1.29 is 18.1 Å². The highest BCUT2D eigenvalue weighted by molar-refractivity contribution is 6.45. The van der Waals surface area contributed by atoms with Crippen molar-refractivity contribution in [2.24, 2.45) is 0 Å². The quantitative estimate of drug-likeness (QED) is 0.755. The van der Waals surface area contributed by atoms with Gasteiger partial charge in [0.05, 0.1) is 11.2 Å². The molecule has 18 heavy (non-hydrogen) atoms. The van der Waals surface area contributed by atoms with Crippen LogP contribution in [0.15, 0.2) is 18.2 Å². The Hall–Kier alpha value is -0.935. The molecular weight excluding hydrogens is 237 g/mol. The van der Waals surface area contributed by atoms with Gasteiger partial charge in [-0.1, -0.05) is 0 Å². The zero-order valence-electron chi connectivity index (χ0n) is 11.1. The Morgan fingerprint density at radius 1 is 0.944 bits per heavy atom. The van der Waals surface area contributed by atoms with Crippen LogP contribution in [0.5, 0.6) is 0 Å². The third kappa shape index (κ3) is 2.57. The first-order valence-corrected chi connectivity index (χ1v) is 6.00. The van der Waals surface area contributed by atoms with Gasteiger partial charge in [-0.05, 0) is 45.4 Å². The van der Waals surface area contributed by atoms with Gasteiger partial charge in [0, 0.05) is 12.4 Å². The van der Waals surface area contributed by atoms with Gasteiger partial charge in [-0.25, -0.2) is 8.78 Å². The van der Waals surface area contributed by atoms with Crippen molar-refractivity contribution in [1.29, 1.82) is 0 Å². The summed E-state index contributed by atoms with van der Waals surface area (Å²) in [6, 6.07) is 3.45. The van der Waals surface area contributed by atoms with Crippen molar-refractivity contribution in [1.82, 2.24) is 0 Å². The lowest BCUT2D eigenvalue weighted by Gasteiger charge is -2.32. The molecule has 1 aromatic rings. The lowest BCUT2D eigenvalue weighted by molar-refractivity contribution is 0.00578. The maximum absolute atomic E-state index is 13.1. The van der Waals surface area contributed by atoms with Crippen LogP contribution in [0.2, 0.25) is 0 Å². The highest BCUT2D eigenvalue weighted by Gasteiger charge is 2.50. The molecule has 5 heteroatoms. The summed E-state index contributed by atoms with van der Waals surface area (Å²) in [6.45, 7) is 7.77. The molecule has 0 bridgehead atoms. The maximum atomic E-state index is 13.1. The molecule has 0 spiro atoms. The number of benzene rings is 1. The summed E-state index contributed by atoms with van der Waals surface area (Å²) in [4.78, 5) is 0. The minimum Gasteiger partial charge on any atom is -0.403 e. The van der Waals surface area contributed by atoms with Crippen molar-refractivity contribution in [3.63, 3.8) is 0 Å². The summed E-state index contributed by atoms with van der Waals surface area (Å²) >= 11 is 0.